The minimum absolute atomic E-state index is 0.0514. The highest BCUT2D eigenvalue weighted by molar-refractivity contribution is 7.99. The number of rotatable bonds is 18. The molecule has 3 rings (SSSR count). The Morgan fingerprint density at radius 3 is 2.35 bits per heavy atom. The Kier molecular flexibility index (Phi) is 16.4. The summed E-state index contributed by atoms with van der Waals surface area (Å²) >= 11 is 2.96. The van der Waals surface area contributed by atoms with E-state index in [4.69, 9.17) is 4.74 Å². The summed E-state index contributed by atoms with van der Waals surface area (Å²) < 4.78 is 5.76. The first-order valence-electron chi connectivity index (χ1n) is 17.7. The summed E-state index contributed by atoms with van der Waals surface area (Å²) in [6, 6.07) is 7.65. The second-order valence-electron chi connectivity index (χ2n) is 14.0. The fourth-order valence-electron chi connectivity index (χ4n) is 6.28. The lowest BCUT2D eigenvalue weighted by molar-refractivity contribution is -0.149. The molecule has 1 aliphatic heterocycles. The van der Waals surface area contributed by atoms with Crippen molar-refractivity contribution in [3.63, 3.8) is 0 Å². The molecule has 0 spiro atoms. The highest BCUT2D eigenvalue weighted by atomic mass is 32.2. The first-order valence-corrected chi connectivity index (χ1v) is 19.7. The van der Waals surface area contributed by atoms with Gasteiger partial charge in [0.15, 0.2) is 6.10 Å². The van der Waals surface area contributed by atoms with E-state index < -0.39 is 48.0 Å². The minimum Gasteiger partial charge on any atom is -0.481 e. The molecule has 12 nitrogen and oxygen atoms in total. The Bertz CT molecular complexity index is 1470. The van der Waals surface area contributed by atoms with E-state index in [1.807, 2.05) is 70.0 Å². The number of carbonyl (C=O) groups is 5. The number of amides is 3. The number of nitrogens with zero attached hydrogens (tertiary/aromatic N) is 3. The van der Waals surface area contributed by atoms with E-state index in [0.29, 0.717) is 24.3 Å². The Balaban J connectivity index is 1.81. The van der Waals surface area contributed by atoms with Crippen LogP contribution in [-0.2, 0) is 30.3 Å². The molecule has 282 valence electrons. The molecule has 3 amide bonds. The van der Waals surface area contributed by atoms with Crippen molar-refractivity contribution in [1.82, 2.24) is 25.4 Å². The quantitative estimate of drug-likeness (QED) is 0.178. The molecule has 51 heavy (non-hydrogen) atoms. The molecular weight excluding hydrogens is 691 g/mol. The van der Waals surface area contributed by atoms with Gasteiger partial charge in [-0.05, 0) is 49.5 Å². The molecule has 3 N–H and O–H groups in total. The molecule has 0 unspecified atom stereocenters. The van der Waals surface area contributed by atoms with E-state index in [0.717, 1.165) is 17.2 Å². The van der Waals surface area contributed by atoms with E-state index in [9.17, 15) is 29.1 Å². The van der Waals surface area contributed by atoms with Gasteiger partial charge in [0.2, 0.25) is 11.8 Å². The number of ether oxygens (including phenoxy) is 1. The smallest absolute Gasteiger partial charge is 0.306 e. The molecular formula is C37H55N5O7S2. The third-order valence-corrected chi connectivity index (χ3v) is 11.6. The second kappa shape index (κ2) is 19.9. The third-order valence-electron chi connectivity index (χ3n) is 9.57. The number of benzene rings is 1. The van der Waals surface area contributed by atoms with Crippen molar-refractivity contribution in [2.75, 3.05) is 25.7 Å². The number of carboxylic acids is 1. The van der Waals surface area contributed by atoms with Gasteiger partial charge < -0.3 is 25.4 Å². The zero-order valence-corrected chi connectivity index (χ0v) is 32.7. The van der Waals surface area contributed by atoms with Crippen LogP contribution in [-0.4, -0.2) is 99.4 Å². The van der Waals surface area contributed by atoms with Crippen LogP contribution < -0.4 is 10.6 Å². The first-order chi connectivity index (χ1) is 24.1. The molecule has 2 heterocycles. The number of aromatic nitrogens is 1. The summed E-state index contributed by atoms with van der Waals surface area (Å²) in [4.78, 5) is 73.2. The van der Waals surface area contributed by atoms with Crippen molar-refractivity contribution in [1.29, 1.82) is 0 Å². The third kappa shape index (κ3) is 12.3. The lowest BCUT2D eigenvalue weighted by atomic mass is 9.92. The van der Waals surface area contributed by atoms with Gasteiger partial charge in [0.25, 0.3) is 5.91 Å². The molecule has 1 aliphatic rings. The molecule has 0 saturated carbocycles. The van der Waals surface area contributed by atoms with E-state index in [1.54, 1.807) is 36.0 Å². The van der Waals surface area contributed by atoms with E-state index in [1.165, 1.54) is 18.3 Å². The molecule has 7 atom stereocenters. The van der Waals surface area contributed by atoms with Crippen LogP contribution in [0.2, 0.25) is 0 Å². The average molecular weight is 746 g/mol. The maximum absolute atomic E-state index is 14.2. The summed E-state index contributed by atoms with van der Waals surface area (Å²) in [5, 5.41) is 17.6. The van der Waals surface area contributed by atoms with Gasteiger partial charge in [0.05, 0.1) is 12.0 Å². The Hall–Kier alpha value is -3.49. The average Bonchev–Trinajstić information content (AvgIpc) is 3.59. The van der Waals surface area contributed by atoms with Crippen LogP contribution in [0.5, 0.6) is 0 Å². The summed E-state index contributed by atoms with van der Waals surface area (Å²) in [5.41, 5.74) is 1.09. The lowest BCUT2D eigenvalue weighted by Crippen LogP contribution is -2.58. The SMILES string of the molecule is CC[C@H](C)[C@H](NC(=O)[C@H]1CCSCN1C)C(=O)N(C)[C@H](C[C@@H](OC(C)=O)c1nc(C(=O)N[C@@H](Cc2ccccc2)C[C@H](C)C(=O)O)cs1)C(C)C. The summed E-state index contributed by atoms with van der Waals surface area (Å²) in [7, 11) is 3.64. The van der Waals surface area contributed by atoms with Crippen LogP contribution in [0.1, 0.15) is 94.4 Å². The van der Waals surface area contributed by atoms with Gasteiger partial charge in [-0.25, -0.2) is 4.98 Å². The summed E-state index contributed by atoms with van der Waals surface area (Å²) in [5.74, 6) is -1.50. The summed E-state index contributed by atoms with van der Waals surface area (Å²) in [6.07, 6.45) is 1.47. The van der Waals surface area contributed by atoms with Gasteiger partial charge in [0, 0.05) is 43.7 Å². The van der Waals surface area contributed by atoms with Gasteiger partial charge in [-0.15, -0.1) is 23.1 Å². The molecule has 1 saturated heterocycles. The maximum Gasteiger partial charge on any atom is 0.306 e. The van der Waals surface area contributed by atoms with Crippen LogP contribution >= 0.6 is 23.1 Å². The highest BCUT2D eigenvalue weighted by Crippen LogP contribution is 2.31. The van der Waals surface area contributed by atoms with Gasteiger partial charge in [-0.1, -0.05) is 71.4 Å². The maximum atomic E-state index is 14.2. The van der Waals surface area contributed by atoms with Crippen LogP contribution in [0.25, 0.3) is 0 Å². The second-order valence-corrected chi connectivity index (χ2v) is 15.9. The molecule has 14 heteroatoms. The number of thioether (sulfide) groups is 1. The van der Waals surface area contributed by atoms with Gasteiger partial charge >= 0.3 is 11.9 Å². The highest BCUT2D eigenvalue weighted by Gasteiger charge is 2.37. The Morgan fingerprint density at radius 2 is 1.76 bits per heavy atom. The largest absolute Gasteiger partial charge is 0.481 e. The number of hydrogen-bond donors (Lipinski definition) is 3. The molecule has 1 aromatic heterocycles. The number of carboxylic acid groups (broad SMARTS) is 1. The zero-order valence-electron chi connectivity index (χ0n) is 31.1. The topological polar surface area (TPSA) is 158 Å². The van der Waals surface area contributed by atoms with Gasteiger partial charge in [-0.3, -0.25) is 28.9 Å². The predicted octanol–water partition coefficient (Wildman–Crippen LogP) is 5.00. The molecule has 1 fully saturated rings. The first kappa shape index (κ1) is 41.9. The van der Waals surface area contributed by atoms with Crippen LogP contribution in [0.15, 0.2) is 35.7 Å². The normalized spacial score (nSPS) is 18.5. The van der Waals surface area contributed by atoms with Crippen molar-refractivity contribution in [3.8, 4) is 0 Å². The van der Waals surface area contributed by atoms with Crippen LogP contribution in [0, 0.1) is 17.8 Å². The predicted molar refractivity (Wildman–Crippen MR) is 200 cm³/mol. The standard InChI is InChI=1S/C37H55N5O7S2/c1-9-23(4)32(40-34(45)29-15-16-50-21-41(29)7)36(46)42(8)30(22(2)3)19-31(49-25(6)43)35-39-28(20-51-35)33(44)38-27(17-24(5)37(47)48)18-26-13-11-10-12-14-26/h10-14,20,22-24,27,29-32H,9,15-19,21H2,1-8H3,(H,38,44)(H,40,45)(H,47,48)/t23-,24-,27+,29+,30+,31+,32-/m0/s1. The Morgan fingerprint density at radius 1 is 1.08 bits per heavy atom. The molecule has 1 aromatic carbocycles. The molecule has 0 bridgehead atoms. The molecule has 0 radical (unpaired) electrons. The number of hydrogen-bond acceptors (Lipinski definition) is 10. The molecule has 2 aromatic rings. The number of esters is 1. The lowest BCUT2D eigenvalue weighted by Gasteiger charge is -2.38. The number of thiazole rings is 1. The number of carbonyl (C=O) groups excluding carboxylic acids is 4. The number of aliphatic carboxylic acids is 1. The minimum atomic E-state index is -0.945. The Labute approximate surface area is 310 Å². The van der Waals surface area contributed by atoms with E-state index in [2.05, 4.69) is 15.6 Å². The fraction of sp³-hybridized carbons (Fsp3) is 0.622. The zero-order chi connectivity index (χ0) is 37.8. The van der Waals surface area contributed by atoms with Crippen molar-refractivity contribution < 1.29 is 33.8 Å². The van der Waals surface area contributed by atoms with E-state index in [-0.39, 0.29) is 48.2 Å². The van der Waals surface area contributed by atoms with Crippen molar-refractivity contribution >= 4 is 52.8 Å². The fourth-order valence-corrected chi connectivity index (χ4v) is 8.10. The van der Waals surface area contributed by atoms with Gasteiger partial charge in [-0.2, -0.15) is 0 Å². The number of nitrogens with one attached hydrogen (secondary N) is 2. The summed E-state index contributed by atoms with van der Waals surface area (Å²) in [6.45, 7) is 10.8. The monoisotopic (exact) mass is 745 g/mol. The van der Waals surface area contributed by atoms with Crippen LogP contribution in [0.4, 0.5) is 0 Å². The number of likely N-dealkylation sites (N-methyl/N-ethyl adjacent to an activating group) is 2. The van der Waals surface area contributed by atoms with Crippen LogP contribution in [0.3, 0.4) is 0 Å². The molecule has 0 aliphatic carbocycles. The van der Waals surface area contributed by atoms with Crippen molar-refractivity contribution in [2.45, 2.75) is 104 Å². The van der Waals surface area contributed by atoms with Gasteiger partial charge in [0.1, 0.15) is 16.7 Å². The van der Waals surface area contributed by atoms with Crippen molar-refractivity contribution in [3.05, 3.63) is 52.0 Å². The van der Waals surface area contributed by atoms with Crippen molar-refractivity contribution in [2.24, 2.45) is 17.8 Å². The van der Waals surface area contributed by atoms with E-state index >= 15 is 0 Å².